The molecule has 10 heteroatoms. The van der Waals surface area contributed by atoms with Crippen molar-refractivity contribution in [3.63, 3.8) is 0 Å². The normalized spacial score (nSPS) is 13.8. The zero-order valence-corrected chi connectivity index (χ0v) is 23.5. The second-order valence-electron chi connectivity index (χ2n) is 11.0. The molecule has 4 amide bonds. The minimum absolute atomic E-state index is 0.129. The lowest BCUT2D eigenvalue weighted by Crippen LogP contribution is -2.49. The summed E-state index contributed by atoms with van der Waals surface area (Å²) < 4.78 is 26.6. The van der Waals surface area contributed by atoms with Crippen LogP contribution in [-0.4, -0.2) is 54.5 Å². The van der Waals surface area contributed by atoms with Crippen molar-refractivity contribution in [3.8, 4) is 0 Å². The maximum absolute atomic E-state index is 13.5. The van der Waals surface area contributed by atoms with E-state index in [0.29, 0.717) is 49.5 Å². The summed E-state index contributed by atoms with van der Waals surface area (Å²) in [6.07, 6.45) is 0.706. The van der Waals surface area contributed by atoms with E-state index in [0.717, 1.165) is 5.56 Å². The minimum atomic E-state index is -0.446. The molecule has 0 bridgehead atoms. The van der Waals surface area contributed by atoms with Crippen molar-refractivity contribution in [1.82, 2.24) is 15.5 Å². The van der Waals surface area contributed by atoms with Gasteiger partial charge in [0.15, 0.2) is 0 Å². The van der Waals surface area contributed by atoms with Gasteiger partial charge in [-0.1, -0.05) is 12.1 Å². The first-order valence-electron chi connectivity index (χ1n) is 13.5. The predicted molar refractivity (Wildman–Crippen MR) is 155 cm³/mol. The molecule has 8 nitrogen and oxygen atoms in total. The van der Waals surface area contributed by atoms with Crippen LogP contribution in [0.15, 0.2) is 66.7 Å². The number of anilines is 2. The molecule has 0 spiro atoms. The Morgan fingerprint density at radius 3 is 2.12 bits per heavy atom. The molecule has 3 aromatic carbocycles. The van der Waals surface area contributed by atoms with Gasteiger partial charge in [-0.15, -0.1) is 0 Å². The molecule has 0 atom stereocenters. The lowest BCUT2D eigenvalue weighted by molar-refractivity contribution is 0.0950. The fourth-order valence-electron chi connectivity index (χ4n) is 4.52. The van der Waals surface area contributed by atoms with E-state index in [2.05, 4.69) is 20.9 Å². The van der Waals surface area contributed by atoms with Gasteiger partial charge >= 0.3 is 6.03 Å². The topological polar surface area (TPSA) is 93.8 Å². The number of amides is 4. The average Bonchev–Trinajstić information content (AvgIpc) is 3.18. The van der Waals surface area contributed by atoms with Crippen LogP contribution in [0.5, 0.6) is 0 Å². The van der Waals surface area contributed by atoms with Crippen molar-refractivity contribution in [2.75, 3.05) is 36.4 Å². The van der Waals surface area contributed by atoms with Gasteiger partial charge in [0.05, 0.1) is 5.56 Å². The first-order chi connectivity index (χ1) is 19.5. The molecule has 1 saturated heterocycles. The van der Waals surface area contributed by atoms with Gasteiger partial charge in [-0.05, 0) is 87.4 Å². The summed E-state index contributed by atoms with van der Waals surface area (Å²) in [5.74, 6) is -1.62. The number of halogens is 2. The Bertz CT molecular complexity index is 1390. The van der Waals surface area contributed by atoms with E-state index in [4.69, 9.17) is 0 Å². The molecule has 1 heterocycles. The average molecular weight is 564 g/mol. The van der Waals surface area contributed by atoms with E-state index in [-0.39, 0.29) is 35.4 Å². The van der Waals surface area contributed by atoms with Crippen molar-refractivity contribution in [2.24, 2.45) is 0 Å². The highest BCUT2D eigenvalue weighted by Gasteiger charge is 2.25. The summed E-state index contributed by atoms with van der Waals surface area (Å²) in [5, 5.41) is 8.66. The zero-order valence-electron chi connectivity index (χ0n) is 23.5. The van der Waals surface area contributed by atoms with E-state index in [1.165, 1.54) is 36.4 Å². The van der Waals surface area contributed by atoms with Gasteiger partial charge in [0.2, 0.25) is 0 Å². The van der Waals surface area contributed by atoms with Gasteiger partial charge in [0.1, 0.15) is 11.6 Å². The maximum Gasteiger partial charge on any atom is 0.317 e. The smallest absolute Gasteiger partial charge is 0.317 e. The molecule has 0 aromatic heterocycles. The Morgan fingerprint density at radius 1 is 0.805 bits per heavy atom. The van der Waals surface area contributed by atoms with Gasteiger partial charge in [-0.3, -0.25) is 9.59 Å². The number of nitrogens with zero attached hydrogens (tertiary/aromatic N) is 2. The standard InChI is InChI=1S/C31H35F2N5O3/c1-31(2,3)36-30(41)38-16-4-15-37(17-18-38)27-14-13-25(35-28(39)22-7-11-24(33)12-8-22)19-26(27)29(40)34-20-21-5-9-23(32)10-6-21/h5-14,19H,4,15-18,20H2,1-3H3,(H,34,40)(H,35,39)(H,36,41). The van der Waals surface area contributed by atoms with Crippen molar-refractivity contribution in [1.29, 1.82) is 0 Å². The van der Waals surface area contributed by atoms with Crippen LogP contribution in [0.1, 0.15) is 53.5 Å². The molecule has 3 N–H and O–H groups in total. The summed E-state index contributed by atoms with van der Waals surface area (Å²) >= 11 is 0. The zero-order chi connectivity index (χ0) is 29.6. The minimum Gasteiger partial charge on any atom is -0.369 e. The number of carbonyl (C=O) groups is 3. The second-order valence-corrected chi connectivity index (χ2v) is 11.0. The van der Waals surface area contributed by atoms with Crippen molar-refractivity contribution in [2.45, 2.75) is 39.3 Å². The molecule has 0 unspecified atom stereocenters. The molecule has 0 radical (unpaired) electrons. The van der Waals surface area contributed by atoms with Gasteiger partial charge in [0, 0.05) is 55.2 Å². The quantitative estimate of drug-likeness (QED) is 0.386. The van der Waals surface area contributed by atoms with Gasteiger partial charge < -0.3 is 25.8 Å². The number of rotatable bonds is 6. The first kappa shape index (κ1) is 29.5. The second kappa shape index (κ2) is 12.8. The van der Waals surface area contributed by atoms with Crippen LogP contribution in [0.25, 0.3) is 0 Å². The summed E-state index contributed by atoms with van der Waals surface area (Å²) in [4.78, 5) is 42.8. The molecule has 1 aliphatic rings. The fraction of sp³-hybridized carbons (Fsp3) is 0.323. The van der Waals surface area contributed by atoms with Gasteiger partial charge in [0.25, 0.3) is 11.8 Å². The molecule has 0 saturated carbocycles. The Labute approximate surface area is 238 Å². The van der Waals surface area contributed by atoms with Crippen LogP contribution >= 0.6 is 0 Å². The van der Waals surface area contributed by atoms with Crippen LogP contribution in [0.4, 0.5) is 25.0 Å². The highest BCUT2D eigenvalue weighted by molar-refractivity contribution is 6.06. The first-order valence-corrected chi connectivity index (χ1v) is 13.5. The van der Waals surface area contributed by atoms with Crippen LogP contribution in [0.3, 0.4) is 0 Å². The van der Waals surface area contributed by atoms with Gasteiger partial charge in [-0.25, -0.2) is 13.6 Å². The fourth-order valence-corrected chi connectivity index (χ4v) is 4.52. The number of urea groups is 1. The predicted octanol–water partition coefficient (Wildman–Crippen LogP) is 5.17. The van der Waals surface area contributed by atoms with E-state index in [1.807, 2.05) is 20.8 Å². The SMILES string of the molecule is CC(C)(C)NC(=O)N1CCCN(c2ccc(NC(=O)c3ccc(F)cc3)cc2C(=O)NCc2ccc(F)cc2)CC1. The third-order valence-electron chi connectivity index (χ3n) is 6.58. The maximum atomic E-state index is 13.5. The number of hydrogen-bond donors (Lipinski definition) is 3. The third kappa shape index (κ3) is 8.26. The molecule has 3 aromatic rings. The Kier molecular flexibility index (Phi) is 9.21. The third-order valence-corrected chi connectivity index (χ3v) is 6.58. The molecular weight excluding hydrogens is 528 g/mol. The van der Waals surface area contributed by atoms with E-state index in [9.17, 15) is 23.2 Å². The number of benzene rings is 3. The molecule has 41 heavy (non-hydrogen) atoms. The van der Waals surface area contributed by atoms with Crippen molar-refractivity contribution in [3.05, 3.63) is 95.1 Å². The lowest BCUT2D eigenvalue weighted by Gasteiger charge is -2.28. The number of nitrogens with one attached hydrogen (secondary N) is 3. The van der Waals surface area contributed by atoms with Crippen molar-refractivity contribution >= 4 is 29.2 Å². The van der Waals surface area contributed by atoms with Crippen molar-refractivity contribution < 1.29 is 23.2 Å². The molecular formula is C31H35F2N5O3. The lowest BCUT2D eigenvalue weighted by atomic mass is 10.1. The van der Waals surface area contributed by atoms with Crippen LogP contribution in [-0.2, 0) is 6.54 Å². The Hall–Kier alpha value is -4.47. The van der Waals surface area contributed by atoms with Gasteiger partial charge in [-0.2, -0.15) is 0 Å². The molecule has 216 valence electrons. The Balaban J connectivity index is 1.55. The van der Waals surface area contributed by atoms with Crippen LogP contribution in [0.2, 0.25) is 0 Å². The molecule has 1 fully saturated rings. The summed E-state index contributed by atoms with van der Waals surface area (Å²) in [6.45, 7) is 8.17. The largest absolute Gasteiger partial charge is 0.369 e. The summed E-state index contributed by atoms with van der Waals surface area (Å²) in [5.41, 5.74) is 2.07. The summed E-state index contributed by atoms with van der Waals surface area (Å²) in [7, 11) is 0. The van der Waals surface area contributed by atoms with Crippen LogP contribution < -0.4 is 20.9 Å². The highest BCUT2D eigenvalue weighted by atomic mass is 19.1. The molecule has 4 rings (SSSR count). The summed E-state index contributed by atoms with van der Waals surface area (Å²) in [6, 6.07) is 16.0. The van der Waals surface area contributed by atoms with E-state index >= 15 is 0 Å². The van der Waals surface area contributed by atoms with Crippen LogP contribution in [0, 0.1) is 11.6 Å². The van der Waals surface area contributed by atoms with E-state index in [1.54, 1.807) is 35.2 Å². The molecule has 0 aliphatic carbocycles. The number of carbonyl (C=O) groups excluding carboxylic acids is 3. The highest BCUT2D eigenvalue weighted by Crippen LogP contribution is 2.27. The van der Waals surface area contributed by atoms with E-state index < -0.39 is 11.7 Å². The molecule has 1 aliphatic heterocycles. The Morgan fingerprint density at radius 2 is 1.46 bits per heavy atom. The monoisotopic (exact) mass is 563 g/mol. The number of hydrogen-bond acceptors (Lipinski definition) is 4.